The van der Waals surface area contributed by atoms with Crippen molar-refractivity contribution in [1.29, 1.82) is 0 Å². The van der Waals surface area contributed by atoms with Crippen molar-refractivity contribution in [2.75, 3.05) is 6.54 Å². The first-order valence-corrected chi connectivity index (χ1v) is 6.61. The second kappa shape index (κ2) is 5.31. The van der Waals surface area contributed by atoms with Crippen LogP contribution in [0, 0.1) is 0 Å². The molecule has 2 N–H and O–H groups in total. The lowest BCUT2D eigenvalue weighted by Crippen LogP contribution is -2.52. The number of hydrogen-bond acceptors (Lipinski definition) is 2. The van der Waals surface area contributed by atoms with E-state index in [9.17, 15) is 0 Å². The molecule has 0 aliphatic carbocycles. The summed E-state index contributed by atoms with van der Waals surface area (Å²) in [6.07, 6.45) is 6.16. The Morgan fingerprint density at radius 3 is 2.27 bits per heavy atom. The van der Waals surface area contributed by atoms with Gasteiger partial charge in [-0.25, -0.2) is 0 Å². The molecule has 2 nitrogen and oxygen atoms in total. The van der Waals surface area contributed by atoms with Crippen LogP contribution in [0.5, 0.6) is 0 Å². The van der Waals surface area contributed by atoms with Gasteiger partial charge in [-0.05, 0) is 39.0 Å². The van der Waals surface area contributed by atoms with Gasteiger partial charge in [-0.3, -0.25) is 4.90 Å². The highest BCUT2D eigenvalue weighted by Crippen LogP contribution is 2.28. The molecule has 1 aliphatic heterocycles. The van der Waals surface area contributed by atoms with Gasteiger partial charge in [0.05, 0.1) is 0 Å². The summed E-state index contributed by atoms with van der Waals surface area (Å²) in [5.41, 5.74) is 6.45. The Labute approximate surface area is 95.2 Å². The minimum atomic E-state index is 0.0338. The molecular weight excluding hydrogens is 184 g/mol. The largest absolute Gasteiger partial charge is 0.324 e. The maximum absolute atomic E-state index is 6.41. The summed E-state index contributed by atoms with van der Waals surface area (Å²) in [6.45, 7) is 10.2. The Morgan fingerprint density at radius 1 is 1.20 bits per heavy atom. The van der Waals surface area contributed by atoms with Crippen LogP contribution in [0.3, 0.4) is 0 Å². The molecule has 0 spiro atoms. The third-order valence-electron chi connectivity index (χ3n) is 4.33. The molecule has 1 saturated heterocycles. The van der Waals surface area contributed by atoms with Crippen LogP contribution in [0.1, 0.15) is 59.8 Å². The maximum atomic E-state index is 6.41. The van der Waals surface area contributed by atoms with Crippen LogP contribution in [0.25, 0.3) is 0 Å². The molecular formula is C13H28N2. The highest BCUT2D eigenvalue weighted by atomic mass is 15.2. The minimum absolute atomic E-state index is 0.0338. The summed E-state index contributed by atoms with van der Waals surface area (Å²) in [5, 5.41) is 0. The van der Waals surface area contributed by atoms with E-state index in [1.165, 1.54) is 19.3 Å². The van der Waals surface area contributed by atoms with Crippen LogP contribution >= 0.6 is 0 Å². The third kappa shape index (κ3) is 2.94. The zero-order valence-corrected chi connectivity index (χ0v) is 10.9. The van der Waals surface area contributed by atoms with Crippen LogP contribution in [0.4, 0.5) is 0 Å². The van der Waals surface area contributed by atoms with Crippen LogP contribution in [0.2, 0.25) is 0 Å². The van der Waals surface area contributed by atoms with E-state index < -0.39 is 0 Å². The summed E-state index contributed by atoms with van der Waals surface area (Å²) >= 11 is 0. The van der Waals surface area contributed by atoms with Crippen molar-refractivity contribution in [3.8, 4) is 0 Å². The number of nitrogens with two attached hydrogens (primary N) is 1. The fourth-order valence-corrected chi connectivity index (χ4v) is 2.69. The number of nitrogens with zero attached hydrogens (tertiary/aromatic N) is 1. The Bertz CT molecular complexity index is 187. The molecule has 1 rings (SSSR count). The van der Waals surface area contributed by atoms with E-state index in [-0.39, 0.29) is 5.54 Å². The van der Waals surface area contributed by atoms with Gasteiger partial charge in [0.2, 0.25) is 0 Å². The van der Waals surface area contributed by atoms with Gasteiger partial charge in [-0.2, -0.15) is 0 Å². The van der Waals surface area contributed by atoms with Gasteiger partial charge >= 0.3 is 0 Å². The molecule has 0 bridgehead atoms. The fraction of sp³-hybridized carbons (Fsp3) is 1.00. The van der Waals surface area contributed by atoms with Crippen LogP contribution in [-0.2, 0) is 0 Å². The maximum Gasteiger partial charge on any atom is 0.0278 e. The van der Waals surface area contributed by atoms with Crippen molar-refractivity contribution in [2.24, 2.45) is 5.73 Å². The molecule has 0 aromatic carbocycles. The zero-order chi connectivity index (χ0) is 11.5. The van der Waals surface area contributed by atoms with Crippen molar-refractivity contribution < 1.29 is 0 Å². The third-order valence-corrected chi connectivity index (χ3v) is 4.33. The van der Waals surface area contributed by atoms with Gasteiger partial charge in [-0.1, -0.05) is 20.8 Å². The van der Waals surface area contributed by atoms with E-state index in [4.69, 9.17) is 5.73 Å². The predicted octanol–water partition coefficient (Wildman–Crippen LogP) is 2.77. The van der Waals surface area contributed by atoms with Crippen molar-refractivity contribution in [3.63, 3.8) is 0 Å². The first kappa shape index (κ1) is 13.0. The summed E-state index contributed by atoms with van der Waals surface area (Å²) in [5.74, 6) is 0. The van der Waals surface area contributed by atoms with E-state index >= 15 is 0 Å². The highest BCUT2D eigenvalue weighted by Gasteiger charge is 2.34. The molecule has 0 aromatic heterocycles. The first-order chi connectivity index (χ1) is 7.06. The molecule has 1 fully saturated rings. The Balaban J connectivity index is 2.61. The summed E-state index contributed by atoms with van der Waals surface area (Å²) in [7, 11) is 0. The van der Waals surface area contributed by atoms with Crippen molar-refractivity contribution >= 4 is 0 Å². The molecule has 15 heavy (non-hydrogen) atoms. The van der Waals surface area contributed by atoms with Gasteiger partial charge in [0.15, 0.2) is 0 Å². The molecule has 1 heterocycles. The van der Waals surface area contributed by atoms with Gasteiger partial charge < -0.3 is 5.73 Å². The number of hydrogen-bond donors (Lipinski definition) is 1. The van der Waals surface area contributed by atoms with Crippen LogP contribution < -0.4 is 5.73 Å². The Kier molecular flexibility index (Phi) is 4.60. The van der Waals surface area contributed by atoms with Gasteiger partial charge in [0, 0.05) is 24.2 Å². The second-order valence-corrected chi connectivity index (χ2v) is 5.23. The van der Waals surface area contributed by atoms with Crippen molar-refractivity contribution in [1.82, 2.24) is 4.90 Å². The highest BCUT2D eigenvalue weighted by molar-refractivity contribution is 4.92. The molecule has 0 saturated carbocycles. The number of likely N-dealkylation sites (tertiary alicyclic amines) is 1. The van der Waals surface area contributed by atoms with E-state index in [0.29, 0.717) is 0 Å². The fourth-order valence-electron chi connectivity index (χ4n) is 2.69. The standard InChI is InChI=1S/C13H28N2/c1-5-12-9-8-11(4)15(12)10-13(14,6-2)7-3/h11-12H,5-10,14H2,1-4H3. The molecule has 90 valence electrons. The second-order valence-electron chi connectivity index (χ2n) is 5.23. The lowest BCUT2D eigenvalue weighted by atomic mass is 9.93. The van der Waals surface area contributed by atoms with Crippen LogP contribution in [0.15, 0.2) is 0 Å². The van der Waals surface area contributed by atoms with Gasteiger partial charge in [-0.15, -0.1) is 0 Å². The van der Waals surface area contributed by atoms with Crippen molar-refractivity contribution in [3.05, 3.63) is 0 Å². The molecule has 0 aromatic rings. The normalized spacial score (nSPS) is 28.6. The first-order valence-electron chi connectivity index (χ1n) is 6.61. The minimum Gasteiger partial charge on any atom is -0.324 e. The average Bonchev–Trinajstić information content (AvgIpc) is 2.60. The molecule has 2 unspecified atom stereocenters. The zero-order valence-electron chi connectivity index (χ0n) is 10.9. The lowest BCUT2D eigenvalue weighted by molar-refractivity contribution is 0.145. The Morgan fingerprint density at radius 2 is 1.80 bits per heavy atom. The monoisotopic (exact) mass is 212 g/mol. The van der Waals surface area contributed by atoms with E-state index in [0.717, 1.165) is 31.5 Å². The Hall–Kier alpha value is -0.0800. The molecule has 1 aliphatic rings. The predicted molar refractivity (Wildman–Crippen MR) is 67.0 cm³/mol. The quantitative estimate of drug-likeness (QED) is 0.759. The van der Waals surface area contributed by atoms with E-state index in [2.05, 4.69) is 32.6 Å². The number of rotatable bonds is 5. The van der Waals surface area contributed by atoms with Crippen molar-refractivity contribution in [2.45, 2.75) is 77.4 Å². The van der Waals surface area contributed by atoms with Crippen LogP contribution in [-0.4, -0.2) is 29.1 Å². The summed E-state index contributed by atoms with van der Waals surface area (Å²) in [6, 6.07) is 1.51. The smallest absolute Gasteiger partial charge is 0.0278 e. The molecule has 0 amide bonds. The van der Waals surface area contributed by atoms with Gasteiger partial charge in [0.25, 0.3) is 0 Å². The van der Waals surface area contributed by atoms with E-state index in [1.807, 2.05) is 0 Å². The summed E-state index contributed by atoms with van der Waals surface area (Å²) in [4.78, 5) is 2.65. The van der Waals surface area contributed by atoms with Gasteiger partial charge in [0.1, 0.15) is 0 Å². The van der Waals surface area contributed by atoms with E-state index in [1.54, 1.807) is 0 Å². The average molecular weight is 212 g/mol. The molecule has 2 atom stereocenters. The molecule has 2 heteroatoms. The SMILES string of the molecule is CCC1CCC(C)N1CC(N)(CC)CC. The summed E-state index contributed by atoms with van der Waals surface area (Å²) < 4.78 is 0. The topological polar surface area (TPSA) is 29.3 Å². The molecule has 0 radical (unpaired) electrons. The lowest BCUT2D eigenvalue weighted by Gasteiger charge is -2.37.